The minimum Gasteiger partial charge on any atom is -0.356 e. The molecule has 1 atom stereocenters. The van der Waals surface area contributed by atoms with E-state index in [-0.39, 0.29) is 17.2 Å². The third-order valence-electron chi connectivity index (χ3n) is 2.44. The van der Waals surface area contributed by atoms with Crippen LogP contribution in [0.5, 0.6) is 0 Å². The first-order valence-electron chi connectivity index (χ1n) is 4.41. The maximum atomic E-state index is 11.4. The number of carbonyl (C=O) groups excluding carboxylic acids is 1. The van der Waals surface area contributed by atoms with Gasteiger partial charge < -0.3 is 5.32 Å². The molecular formula is C9H16BrNO. The van der Waals surface area contributed by atoms with E-state index in [4.69, 9.17) is 0 Å². The molecule has 12 heavy (non-hydrogen) atoms. The Morgan fingerprint density at radius 3 is 2.67 bits per heavy atom. The second-order valence-corrected chi connectivity index (χ2v) is 4.87. The van der Waals surface area contributed by atoms with Crippen molar-refractivity contribution >= 4 is 21.8 Å². The average Bonchev–Trinajstić information content (AvgIpc) is 2.60. The highest BCUT2D eigenvalue weighted by Crippen LogP contribution is 2.51. The van der Waals surface area contributed by atoms with Gasteiger partial charge in [0.1, 0.15) is 0 Å². The Kier molecular flexibility index (Phi) is 3.16. The minimum atomic E-state index is 0.237. The monoisotopic (exact) mass is 233 g/mol. The Balaban J connectivity index is 2.14. The van der Waals surface area contributed by atoms with Gasteiger partial charge in [-0.25, -0.2) is 0 Å². The third-order valence-corrected chi connectivity index (χ3v) is 3.00. The zero-order chi connectivity index (χ0) is 9.19. The van der Waals surface area contributed by atoms with E-state index < -0.39 is 0 Å². The zero-order valence-electron chi connectivity index (χ0n) is 7.69. The summed E-state index contributed by atoms with van der Waals surface area (Å²) < 4.78 is 0. The number of hydrogen-bond acceptors (Lipinski definition) is 1. The molecule has 1 aliphatic carbocycles. The van der Waals surface area contributed by atoms with Gasteiger partial charge in [-0.1, -0.05) is 29.8 Å². The highest BCUT2D eigenvalue weighted by Gasteiger charge is 2.50. The van der Waals surface area contributed by atoms with Crippen LogP contribution in [0.4, 0.5) is 0 Å². The van der Waals surface area contributed by atoms with Crippen molar-refractivity contribution in [3.05, 3.63) is 0 Å². The quantitative estimate of drug-likeness (QED) is 0.584. The van der Waals surface area contributed by atoms with Crippen molar-refractivity contribution in [3.8, 4) is 0 Å². The Hall–Kier alpha value is -0.0500. The summed E-state index contributed by atoms with van der Waals surface area (Å²) in [6.07, 6.45) is 2.06. The smallest absolute Gasteiger partial charge is 0.223 e. The Morgan fingerprint density at radius 2 is 2.25 bits per heavy atom. The summed E-state index contributed by atoms with van der Waals surface area (Å²) in [6, 6.07) is 0. The first-order valence-corrected chi connectivity index (χ1v) is 5.54. The van der Waals surface area contributed by atoms with E-state index in [0.29, 0.717) is 0 Å². The Labute approximate surface area is 82.2 Å². The molecule has 0 bridgehead atoms. The van der Waals surface area contributed by atoms with Gasteiger partial charge in [0.15, 0.2) is 0 Å². The van der Waals surface area contributed by atoms with Crippen LogP contribution in [0.25, 0.3) is 0 Å². The van der Waals surface area contributed by atoms with E-state index >= 15 is 0 Å². The fourth-order valence-electron chi connectivity index (χ4n) is 1.32. The van der Waals surface area contributed by atoms with Gasteiger partial charge in [-0.15, -0.1) is 0 Å². The van der Waals surface area contributed by atoms with Gasteiger partial charge in [0.05, 0.1) is 0 Å². The van der Waals surface area contributed by atoms with Crippen molar-refractivity contribution in [3.63, 3.8) is 0 Å². The van der Waals surface area contributed by atoms with Crippen LogP contribution in [0, 0.1) is 11.3 Å². The molecular weight excluding hydrogens is 218 g/mol. The van der Waals surface area contributed by atoms with Crippen molar-refractivity contribution in [2.45, 2.75) is 26.7 Å². The summed E-state index contributed by atoms with van der Waals surface area (Å²) in [7, 11) is 0. The van der Waals surface area contributed by atoms with Crippen LogP contribution >= 0.6 is 15.9 Å². The predicted octanol–water partition coefficient (Wildman–Crippen LogP) is 1.93. The van der Waals surface area contributed by atoms with Crippen LogP contribution in [-0.4, -0.2) is 17.8 Å². The fourth-order valence-corrected chi connectivity index (χ4v) is 1.60. The van der Waals surface area contributed by atoms with E-state index in [1.807, 2.05) is 0 Å². The number of halogens is 1. The molecule has 3 heteroatoms. The zero-order valence-corrected chi connectivity index (χ0v) is 9.28. The van der Waals surface area contributed by atoms with Crippen LogP contribution < -0.4 is 5.32 Å². The number of alkyl halides is 1. The summed E-state index contributed by atoms with van der Waals surface area (Å²) in [4.78, 5) is 11.4. The largest absolute Gasteiger partial charge is 0.356 e. The topological polar surface area (TPSA) is 29.1 Å². The Morgan fingerprint density at radius 1 is 1.67 bits per heavy atom. The number of carbonyl (C=O) groups is 1. The number of nitrogens with one attached hydrogen (secondary N) is 1. The maximum absolute atomic E-state index is 11.4. The molecule has 0 aliphatic heterocycles. The molecule has 0 aromatic heterocycles. The summed E-state index contributed by atoms with van der Waals surface area (Å²) in [6.45, 7) is 5.08. The average molecular weight is 234 g/mol. The lowest BCUT2D eigenvalue weighted by atomic mass is 10.1. The van der Waals surface area contributed by atoms with E-state index in [9.17, 15) is 4.79 Å². The second kappa shape index (κ2) is 3.77. The highest BCUT2D eigenvalue weighted by molar-refractivity contribution is 9.09. The highest BCUT2D eigenvalue weighted by atomic mass is 79.9. The maximum Gasteiger partial charge on any atom is 0.223 e. The molecule has 0 aromatic rings. The number of amides is 1. The molecule has 0 saturated heterocycles. The van der Waals surface area contributed by atoms with Crippen LogP contribution in [-0.2, 0) is 4.79 Å². The molecule has 1 amide bonds. The van der Waals surface area contributed by atoms with E-state index in [1.165, 1.54) is 0 Å². The molecule has 0 aromatic carbocycles. The number of rotatable bonds is 4. The van der Waals surface area contributed by atoms with Gasteiger partial charge in [0.2, 0.25) is 5.91 Å². The third kappa shape index (κ3) is 2.47. The van der Waals surface area contributed by atoms with Gasteiger partial charge >= 0.3 is 0 Å². The van der Waals surface area contributed by atoms with Gasteiger partial charge in [-0.05, 0) is 18.3 Å². The lowest BCUT2D eigenvalue weighted by Gasteiger charge is -2.04. The molecule has 70 valence electrons. The molecule has 1 aliphatic rings. The van der Waals surface area contributed by atoms with Crippen molar-refractivity contribution < 1.29 is 4.79 Å². The first-order chi connectivity index (χ1) is 5.58. The van der Waals surface area contributed by atoms with Gasteiger partial charge in [-0.3, -0.25) is 4.79 Å². The van der Waals surface area contributed by atoms with E-state index in [0.717, 1.165) is 24.7 Å². The predicted molar refractivity (Wildman–Crippen MR) is 53.3 cm³/mol. The number of hydrogen-bond donors (Lipinski definition) is 1. The van der Waals surface area contributed by atoms with Gasteiger partial charge in [0, 0.05) is 17.8 Å². The molecule has 1 unspecified atom stereocenters. The molecule has 1 N–H and O–H groups in total. The molecule has 1 fully saturated rings. The van der Waals surface area contributed by atoms with Crippen molar-refractivity contribution in [1.29, 1.82) is 0 Å². The lowest BCUT2D eigenvalue weighted by Crippen LogP contribution is -2.27. The molecule has 0 heterocycles. The van der Waals surface area contributed by atoms with E-state index in [2.05, 4.69) is 35.1 Å². The van der Waals surface area contributed by atoms with Crippen LogP contribution in [0.3, 0.4) is 0 Å². The summed E-state index contributed by atoms with van der Waals surface area (Å²) in [5.41, 5.74) is 0.262. The molecule has 1 rings (SSSR count). The van der Waals surface area contributed by atoms with Crippen molar-refractivity contribution in [2.75, 3.05) is 11.9 Å². The molecule has 0 radical (unpaired) electrons. The van der Waals surface area contributed by atoms with Crippen molar-refractivity contribution in [1.82, 2.24) is 5.32 Å². The lowest BCUT2D eigenvalue weighted by molar-refractivity contribution is -0.122. The van der Waals surface area contributed by atoms with E-state index in [1.54, 1.807) is 0 Å². The van der Waals surface area contributed by atoms with Crippen LogP contribution in [0.1, 0.15) is 26.7 Å². The normalized spacial score (nSPS) is 25.1. The Bertz CT molecular complexity index is 179. The van der Waals surface area contributed by atoms with Gasteiger partial charge in [-0.2, -0.15) is 0 Å². The molecule has 2 nitrogen and oxygen atoms in total. The SMILES string of the molecule is CC1(C)CC1C(=O)NCCCBr. The summed E-state index contributed by atoms with van der Waals surface area (Å²) in [5.74, 6) is 0.508. The van der Waals surface area contributed by atoms with Crippen molar-refractivity contribution in [2.24, 2.45) is 11.3 Å². The second-order valence-electron chi connectivity index (χ2n) is 4.08. The molecule has 0 spiro atoms. The fraction of sp³-hybridized carbons (Fsp3) is 0.889. The van der Waals surface area contributed by atoms with Crippen LogP contribution in [0.2, 0.25) is 0 Å². The van der Waals surface area contributed by atoms with Crippen LogP contribution in [0.15, 0.2) is 0 Å². The first kappa shape index (κ1) is 10.0. The summed E-state index contributed by atoms with van der Waals surface area (Å²) in [5, 5.41) is 3.89. The standard InChI is InChI=1S/C9H16BrNO/c1-9(2)6-7(9)8(12)11-5-3-4-10/h7H,3-6H2,1-2H3,(H,11,12). The van der Waals surface area contributed by atoms with Gasteiger partial charge in [0.25, 0.3) is 0 Å². The minimum absolute atomic E-state index is 0.237. The summed E-state index contributed by atoms with van der Waals surface area (Å²) >= 11 is 3.32. The molecule has 1 saturated carbocycles.